The molecule has 0 radical (unpaired) electrons. The summed E-state index contributed by atoms with van der Waals surface area (Å²) < 4.78 is 8.72. The molecule has 30 heavy (non-hydrogen) atoms. The lowest BCUT2D eigenvalue weighted by molar-refractivity contribution is -0.139. The molecular formula is C21H30ClN3O4S. The second-order valence-corrected chi connectivity index (χ2v) is 10.8. The fourth-order valence-electron chi connectivity index (χ4n) is 4.55. The second kappa shape index (κ2) is 8.50. The molecule has 1 fully saturated rings. The van der Waals surface area contributed by atoms with Gasteiger partial charge in [-0.05, 0) is 25.8 Å². The minimum absolute atomic E-state index is 0.0899. The van der Waals surface area contributed by atoms with Crippen LogP contribution in [0.3, 0.4) is 0 Å². The molecule has 4 rings (SSSR count). The van der Waals surface area contributed by atoms with E-state index in [0.717, 1.165) is 41.9 Å². The molecule has 0 aliphatic carbocycles. The monoisotopic (exact) mass is 455 g/mol. The van der Waals surface area contributed by atoms with Gasteiger partial charge in [0.25, 0.3) is 0 Å². The van der Waals surface area contributed by atoms with Gasteiger partial charge in [-0.25, -0.2) is 0 Å². The van der Waals surface area contributed by atoms with E-state index < -0.39 is 11.5 Å². The van der Waals surface area contributed by atoms with Gasteiger partial charge >= 0.3 is 0 Å². The molecule has 3 N–H and O–H groups in total. The molecule has 2 aliphatic heterocycles. The van der Waals surface area contributed by atoms with Crippen LogP contribution in [0.25, 0.3) is 0 Å². The summed E-state index contributed by atoms with van der Waals surface area (Å²) in [5.74, 6) is 0. The highest BCUT2D eigenvalue weighted by Crippen LogP contribution is 2.50. The minimum Gasteiger partial charge on any atom is -0.396 e. The zero-order valence-electron chi connectivity index (χ0n) is 17.4. The average molecular weight is 456 g/mol. The molecule has 0 amide bonds. The van der Waals surface area contributed by atoms with Crippen LogP contribution >= 0.6 is 22.9 Å². The van der Waals surface area contributed by atoms with Crippen molar-refractivity contribution < 1.29 is 20.1 Å². The molecule has 0 aromatic carbocycles. The molecule has 2 aliphatic rings. The number of thiophene rings is 1. The van der Waals surface area contributed by atoms with Crippen molar-refractivity contribution >= 4 is 22.9 Å². The summed E-state index contributed by atoms with van der Waals surface area (Å²) in [6, 6.07) is 2.18. The Hall–Kier alpha value is -1.000. The van der Waals surface area contributed by atoms with Crippen LogP contribution in [0.1, 0.15) is 48.8 Å². The van der Waals surface area contributed by atoms with E-state index in [2.05, 4.69) is 16.9 Å². The fraction of sp³-hybridized carbons (Fsp3) is 0.667. The molecule has 0 unspecified atom stereocenters. The maximum absolute atomic E-state index is 10.3. The summed E-state index contributed by atoms with van der Waals surface area (Å²) in [6.07, 6.45) is 4.96. The summed E-state index contributed by atoms with van der Waals surface area (Å²) in [5.41, 5.74) is 1.08. The van der Waals surface area contributed by atoms with Crippen LogP contribution in [0, 0.1) is 5.41 Å². The third-order valence-electron chi connectivity index (χ3n) is 6.45. The van der Waals surface area contributed by atoms with Gasteiger partial charge in [0, 0.05) is 46.7 Å². The summed E-state index contributed by atoms with van der Waals surface area (Å²) in [5, 5.41) is 33.7. The number of halogens is 1. The van der Waals surface area contributed by atoms with Crippen molar-refractivity contribution in [3.63, 3.8) is 0 Å². The van der Waals surface area contributed by atoms with E-state index in [-0.39, 0.29) is 18.8 Å². The van der Waals surface area contributed by atoms with Crippen molar-refractivity contribution in [2.24, 2.45) is 5.41 Å². The van der Waals surface area contributed by atoms with Crippen molar-refractivity contribution in [1.29, 1.82) is 0 Å². The van der Waals surface area contributed by atoms with E-state index in [1.807, 2.05) is 25.4 Å². The first-order valence-corrected chi connectivity index (χ1v) is 11.6. The molecule has 1 spiro atoms. The van der Waals surface area contributed by atoms with Crippen LogP contribution in [-0.2, 0) is 23.4 Å². The van der Waals surface area contributed by atoms with Crippen LogP contribution in [0.2, 0.25) is 4.34 Å². The Kier molecular flexibility index (Phi) is 6.29. The highest BCUT2D eigenvalue weighted by Gasteiger charge is 2.46. The number of nitrogens with zero attached hydrogens (tertiary/aromatic N) is 3. The molecule has 2 aromatic heterocycles. The van der Waals surface area contributed by atoms with Crippen molar-refractivity contribution in [3.8, 4) is 0 Å². The van der Waals surface area contributed by atoms with E-state index in [1.54, 1.807) is 4.68 Å². The van der Waals surface area contributed by atoms with Crippen LogP contribution in [-0.4, -0.2) is 62.4 Å². The van der Waals surface area contributed by atoms with Gasteiger partial charge in [-0.1, -0.05) is 18.5 Å². The maximum Gasteiger partial charge on any atom is 0.105 e. The predicted octanol–water partition coefficient (Wildman–Crippen LogP) is 2.53. The SMILES string of the molecule is C[C@H]1C[C@@]2(CCN1Cc1cnn(CC(C)(CO)CO)c1)OC[C@@H](O)c1cc(Cl)sc12. The lowest BCUT2D eigenvalue weighted by atomic mass is 9.81. The number of hydrogen-bond acceptors (Lipinski definition) is 7. The number of ether oxygens (including phenoxy) is 1. The largest absolute Gasteiger partial charge is 0.396 e. The minimum atomic E-state index is -0.600. The normalized spacial score (nSPS) is 27.5. The second-order valence-electron chi connectivity index (χ2n) is 9.10. The van der Waals surface area contributed by atoms with Gasteiger partial charge in [0.1, 0.15) is 11.7 Å². The first kappa shape index (κ1) is 22.2. The zero-order valence-corrected chi connectivity index (χ0v) is 19.0. The van der Waals surface area contributed by atoms with Gasteiger partial charge < -0.3 is 20.1 Å². The van der Waals surface area contributed by atoms with Gasteiger partial charge in [-0.2, -0.15) is 5.10 Å². The van der Waals surface area contributed by atoms with Crippen molar-refractivity contribution in [3.05, 3.63) is 38.8 Å². The first-order chi connectivity index (χ1) is 14.3. The van der Waals surface area contributed by atoms with Crippen LogP contribution in [0.5, 0.6) is 0 Å². The average Bonchev–Trinajstić information content (AvgIpc) is 3.34. The Morgan fingerprint density at radius 3 is 2.87 bits per heavy atom. The first-order valence-electron chi connectivity index (χ1n) is 10.4. The molecule has 4 heterocycles. The number of rotatable bonds is 6. The smallest absolute Gasteiger partial charge is 0.105 e. The predicted molar refractivity (Wildman–Crippen MR) is 116 cm³/mol. The van der Waals surface area contributed by atoms with Gasteiger partial charge in [0.05, 0.1) is 36.9 Å². The van der Waals surface area contributed by atoms with Gasteiger partial charge in [-0.3, -0.25) is 9.58 Å². The zero-order chi connectivity index (χ0) is 21.5. The number of aromatic nitrogens is 2. The molecular weight excluding hydrogens is 426 g/mol. The van der Waals surface area contributed by atoms with Gasteiger partial charge in [0.2, 0.25) is 0 Å². The Balaban J connectivity index is 1.43. The summed E-state index contributed by atoms with van der Waals surface area (Å²) in [6.45, 7) is 6.32. The molecule has 3 atom stereocenters. The van der Waals surface area contributed by atoms with Gasteiger partial charge in [0.15, 0.2) is 0 Å². The Labute approximate surface area is 185 Å². The standard InChI is InChI=1S/C21H30ClN3O4S/c1-14-6-21(19-16(5-18(22)30-19)17(28)10-29-21)3-4-24(14)8-15-7-23-25(9-15)11-20(2,12-26)13-27/h5,7,9,14,17,26-28H,3-4,6,8,10-13H2,1-2H3/t14-,17+,21+/m0/s1. The quantitative estimate of drug-likeness (QED) is 0.620. The lowest BCUT2D eigenvalue weighted by Crippen LogP contribution is -2.50. The third-order valence-corrected chi connectivity index (χ3v) is 7.92. The fourth-order valence-corrected chi connectivity index (χ4v) is 6.02. The molecule has 7 nitrogen and oxygen atoms in total. The molecule has 0 saturated carbocycles. The number of likely N-dealkylation sites (tertiary alicyclic amines) is 1. The molecule has 1 saturated heterocycles. The Morgan fingerprint density at radius 1 is 1.40 bits per heavy atom. The number of hydrogen-bond donors (Lipinski definition) is 3. The number of aliphatic hydroxyl groups excluding tert-OH is 3. The highest BCUT2D eigenvalue weighted by atomic mass is 35.5. The molecule has 9 heteroatoms. The van der Waals surface area contributed by atoms with E-state index in [1.165, 1.54) is 11.3 Å². The van der Waals surface area contributed by atoms with Crippen LogP contribution in [0.4, 0.5) is 0 Å². The Bertz CT molecular complexity index is 883. The third kappa shape index (κ3) is 4.19. The number of aliphatic hydroxyl groups is 3. The van der Waals surface area contributed by atoms with Gasteiger partial charge in [-0.15, -0.1) is 11.3 Å². The topological polar surface area (TPSA) is 91.0 Å². The van der Waals surface area contributed by atoms with Crippen molar-refractivity contribution in [1.82, 2.24) is 14.7 Å². The molecule has 166 valence electrons. The van der Waals surface area contributed by atoms with E-state index in [9.17, 15) is 15.3 Å². The summed E-state index contributed by atoms with van der Waals surface area (Å²) in [7, 11) is 0. The lowest BCUT2D eigenvalue weighted by Gasteiger charge is -2.47. The van der Waals surface area contributed by atoms with E-state index >= 15 is 0 Å². The summed E-state index contributed by atoms with van der Waals surface area (Å²) >= 11 is 7.79. The highest BCUT2D eigenvalue weighted by molar-refractivity contribution is 7.16. The number of fused-ring (bicyclic) bond motifs is 2. The summed E-state index contributed by atoms with van der Waals surface area (Å²) in [4.78, 5) is 3.51. The molecule has 2 aromatic rings. The van der Waals surface area contributed by atoms with E-state index in [4.69, 9.17) is 16.3 Å². The number of piperidine rings is 1. The van der Waals surface area contributed by atoms with Crippen LogP contribution < -0.4 is 0 Å². The van der Waals surface area contributed by atoms with E-state index in [0.29, 0.717) is 23.5 Å². The van der Waals surface area contributed by atoms with Crippen molar-refractivity contribution in [2.75, 3.05) is 26.4 Å². The van der Waals surface area contributed by atoms with Crippen LogP contribution in [0.15, 0.2) is 18.5 Å². The Morgan fingerprint density at radius 2 is 2.17 bits per heavy atom. The van der Waals surface area contributed by atoms with Crippen molar-refractivity contribution in [2.45, 2.75) is 57.5 Å². The molecule has 0 bridgehead atoms. The maximum atomic E-state index is 10.3.